The quantitative estimate of drug-likeness (QED) is 0.790. The van der Waals surface area contributed by atoms with Crippen molar-refractivity contribution in [2.45, 2.75) is 27.7 Å². The van der Waals surface area contributed by atoms with Gasteiger partial charge in [0.05, 0.1) is 12.2 Å². The molecule has 1 aliphatic rings. The van der Waals surface area contributed by atoms with Gasteiger partial charge in [-0.15, -0.1) is 0 Å². The number of ether oxygens (including phenoxy) is 1. The second-order valence-corrected chi connectivity index (χ2v) is 6.51. The summed E-state index contributed by atoms with van der Waals surface area (Å²) in [6.07, 6.45) is 0. The fourth-order valence-corrected chi connectivity index (χ4v) is 3.27. The van der Waals surface area contributed by atoms with E-state index in [1.54, 1.807) is 6.92 Å². The number of amides is 2. The molecule has 0 atom stereocenters. The summed E-state index contributed by atoms with van der Waals surface area (Å²) < 4.78 is 5.45. The highest BCUT2D eigenvalue weighted by Crippen LogP contribution is 2.32. The van der Waals surface area contributed by atoms with E-state index in [1.807, 2.05) is 63.2 Å². The first kappa shape index (κ1) is 18.7. The highest BCUT2D eigenvalue weighted by atomic mass is 16.5. The van der Waals surface area contributed by atoms with Crippen LogP contribution in [-0.2, 0) is 9.59 Å². The Kier molecular flexibility index (Phi) is 5.31. The van der Waals surface area contributed by atoms with Crippen LogP contribution in [0, 0.1) is 13.8 Å². The van der Waals surface area contributed by atoms with Gasteiger partial charge in [0.25, 0.3) is 11.8 Å². The van der Waals surface area contributed by atoms with Crippen molar-refractivity contribution in [3.8, 4) is 5.75 Å². The topological polar surface area (TPSA) is 58.6 Å². The van der Waals surface area contributed by atoms with E-state index in [1.165, 1.54) is 4.90 Å². The molecule has 1 heterocycles. The van der Waals surface area contributed by atoms with Crippen LogP contribution in [0.3, 0.4) is 0 Å². The van der Waals surface area contributed by atoms with Gasteiger partial charge in [-0.1, -0.05) is 23.8 Å². The van der Waals surface area contributed by atoms with E-state index in [4.69, 9.17) is 4.74 Å². The van der Waals surface area contributed by atoms with E-state index in [2.05, 4.69) is 5.32 Å². The molecule has 0 unspecified atom stereocenters. The van der Waals surface area contributed by atoms with Crippen LogP contribution in [-0.4, -0.2) is 29.9 Å². The molecule has 27 heavy (non-hydrogen) atoms. The lowest BCUT2D eigenvalue weighted by atomic mass is 9.97. The van der Waals surface area contributed by atoms with Gasteiger partial charge in [0.2, 0.25) is 0 Å². The van der Waals surface area contributed by atoms with Crippen LogP contribution in [0.5, 0.6) is 5.75 Å². The molecule has 0 spiro atoms. The van der Waals surface area contributed by atoms with Crippen LogP contribution in [0.25, 0.3) is 5.57 Å². The normalized spacial score (nSPS) is 14.1. The Morgan fingerprint density at radius 1 is 0.963 bits per heavy atom. The Bertz CT molecular complexity index is 914. The monoisotopic (exact) mass is 364 g/mol. The molecule has 0 aromatic heterocycles. The molecule has 5 heteroatoms. The fraction of sp³-hybridized carbons (Fsp3) is 0.273. The summed E-state index contributed by atoms with van der Waals surface area (Å²) in [5.41, 5.74) is 4.33. The van der Waals surface area contributed by atoms with Crippen molar-refractivity contribution in [2.75, 3.05) is 18.5 Å². The lowest BCUT2D eigenvalue weighted by molar-refractivity contribution is -0.136. The van der Waals surface area contributed by atoms with E-state index in [-0.39, 0.29) is 11.8 Å². The number of anilines is 1. The molecular weight excluding hydrogens is 340 g/mol. The minimum atomic E-state index is -0.300. The largest absolute Gasteiger partial charge is 0.494 e. The molecule has 2 aromatic rings. The molecule has 1 aliphatic heterocycles. The van der Waals surface area contributed by atoms with Crippen molar-refractivity contribution in [2.24, 2.45) is 0 Å². The van der Waals surface area contributed by atoms with Crippen molar-refractivity contribution < 1.29 is 14.3 Å². The number of imide groups is 1. The molecule has 5 nitrogen and oxygen atoms in total. The number of benzene rings is 2. The number of nitrogens with one attached hydrogen (secondary N) is 1. The molecule has 0 saturated carbocycles. The third kappa shape index (κ3) is 3.58. The molecule has 140 valence electrons. The second kappa shape index (κ2) is 7.66. The van der Waals surface area contributed by atoms with Crippen LogP contribution in [0.2, 0.25) is 0 Å². The number of carbonyl (C=O) groups excluding carboxylic acids is 2. The van der Waals surface area contributed by atoms with E-state index < -0.39 is 0 Å². The smallest absolute Gasteiger partial charge is 0.278 e. The molecule has 0 aliphatic carbocycles. The number of likely N-dealkylation sites (N-methyl/N-ethyl adjacent to an activating group) is 1. The SMILES string of the molecule is CCOc1ccc(NC2=C(c3ccc(C)cc3C)C(=O)N(CC)C2=O)cc1. The zero-order valence-electron chi connectivity index (χ0n) is 16.1. The van der Waals surface area contributed by atoms with Gasteiger partial charge in [0.15, 0.2) is 0 Å². The third-order valence-electron chi connectivity index (χ3n) is 4.57. The molecule has 0 saturated heterocycles. The fourth-order valence-electron chi connectivity index (χ4n) is 3.27. The van der Waals surface area contributed by atoms with Gasteiger partial charge in [0, 0.05) is 12.2 Å². The van der Waals surface area contributed by atoms with Gasteiger partial charge in [0.1, 0.15) is 11.4 Å². The van der Waals surface area contributed by atoms with Gasteiger partial charge in [-0.25, -0.2) is 0 Å². The summed E-state index contributed by atoms with van der Waals surface area (Å²) in [5, 5.41) is 3.16. The summed E-state index contributed by atoms with van der Waals surface area (Å²) in [7, 11) is 0. The van der Waals surface area contributed by atoms with Crippen LogP contribution in [0.15, 0.2) is 48.2 Å². The van der Waals surface area contributed by atoms with E-state index in [0.29, 0.717) is 24.4 Å². The zero-order valence-corrected chi connectivity index (χ0v) is 16.1. The summed E-state index contributed by atoms with van der Waals surface area (Å²) in [6, 6.07) is 13.2. The predicted molar refractivity (Wildman–Crippen MR) is 106 cm³/mol. The van der Waals surface area contributed by atoms with Crippen molar-refractivity contribution >= 4 is 23.1 Å². The Morgan fingerprint density at radius 2 is 1.67 bits per heavy atom. The molecule has 1 N–H and O–H groups in total. The van der Waals surface area contributed by atoms with Gasteiger partial charge in [-0.05, 0) is 63.1 Å². The summed E-state index contributed by atoms with van der Waals surface area (Å²) in [6.45, 7) is 8.61. The molecule has 3 rings (SSSR count). The Labute approximate surface area is 159 Å². The summed E-state index contributed by atoms with van der Waals surface area (Å²) >= 11 is 0. The second-order valence-electron chi connectivity index (χ2n) is 6.51. The van der Waals surface area contributed by atoms with E-state index in [0.717, 1.165) is 28.1 Å². The highest BCUT2D eigenvalue weighted by Gasteiger charge is 2.38. The number of hydrogen-bond donors (Lipinski definition) is 1. The van der Waals surface area contributed by atoms with E-state index in [9.17, 15) is 9.59 Å². The first-order valence-electron chi connectivity index (χ1n) is 9.14. The van der Waals surface area contributed by atoms with E-state index >= 15 is 0 Å². The third-order valence-corrected chi connectivity index (χ3v) is 4.57. The van der Waals surface area contributed by atoms with Crippen LogP contribution in [0.4, 0.5) is 5.69 Å². The number of carbonyl (C=O) groups is 2. The molecule has 2 aromatic carbocycles. The van der Waals surface area contributed by atoms with Crippen molar-refractivity contribution in [1.82, 2.24) is 4.90 Å². The maximum atomic E-state index is 12.9. The van der Waals surface area contributed by atoms with Crippen LogP contribution >= 0.6 is 0 Å². The molecule has 0 bridgehead atoms. The molecule has 0 radical (unpaired) electrons. The molecular formula is C22H24N2O3. The highest BCUT2D eigenvalue weighted by molar-refractivity contribution is 6.36. The Balaban J connectivity index is 2.04. The predicted octanol–water partition coefficient (Wildman–Crippen LogP) is 3.91. The first-order valence-corrected chi connectivity index (χ1v) is 9.14. The average Bonchev–Trinajstić information content (AvgIpc) is 2.87. The lowest BCUT2D eigenvalue weighted by Crippen LogP contribution is -2.32. The van der Waals surface area contributed by atoms with Crippen LogP contribution in [0.1, 0.15) is 30.5 Å². The zero-order chi connectivity index (χ0) is 19.6. The lowest BCUT2D eigenvalue weighted by Gasteiger charge is -2.12. The van der Waals surface area contributed by atoms with Crippen molar-refractivity contribution in [1.29, 1.82) is 0 Å². The molecule has 2 amide bonds. The number of rotatable bonds is 6. The maximum Gasteiger partial charge on any atom is 0.278 e. The van der Waals surface area contributed by atoms with Gasteiger partial charge in [-0.2, -0.15) is 0 Å². The standard InChI is InChI=1S/C22H24N2O3/c1-5-24-21(25)19(18-12-7-14(3)13-15(18)4)20(22(24)26)23-16-8-10-17(11-9-16)27-6-2/h7-13,23H,5-6H2,1-4H3. The molecule has 0 fully saturated rings. The number of aryl methyl sites for hydroxylation is 2. The average molecular weight is 364 g/mol. The number of nitrogens with zero attached hydrogens (tertiary/aromatic N) is 1. The van der Waals surface area contributed by atoms with Crippen molar-refractivity contribution in [3.05, 3.63) is 64.9 Å². The summed E-state index contributed by atoms with van der Waals surface area (Å²) in [4.78, 5) is 27.0. The Morgan fingerprint density at radius 3 is 2.26 bits per heavy atom. The minimum Gasteiger partial charge on any atom is -0.494 e. The van der Waals surface area contributed by atoms with Crippen LogP contribution < -0.4 is 10.1 Å². The first-order chi connectivity index (χ1) is 13.0. The Hall–Kier alpha value is -3.08. The van der Waals surface area contributed by atoms with Gasteiger partial charge < -0.3 is 10.1 Å². The number of hydrogen-bond acceptors (Lipinski definition) is 4. The summed E-state index contributed by atoms with van der Waals surface area (Å²) in [5.74, 6) is 0.199. The van der Waals surface area contributed by atoms with Crippen molar-refractivity contribution in [3.63, 3.8) is 0 Å². The maximum absolute atomic E-state index is 12.9. The van der Waals surface area contributed by atoms with Gasteiger partial charge in [-0.3, -0.25) is 14.5 Å². The minimum absolute atomic E-state index is 0.261. The van der Waals surface area contributed by atoms with Gasteiger partial charge >= 0.3 is 0 Å².